The zero-order valence-electron chi connectivity index (χ0n) is 23.2. The van der Waals surface area contributed by atoms with Crippen LogP contribution in [-0.2, 0) is 29.6 Å². The van der Waals surface area contributed by atoms with Gasteiger partial charge < -0.3 is 11.1 Å². The minimum Gasteiger partial charge on any atom is -0.366 e. The predicted molar refractivity (Wildman–Crippen MR) is 141 cm³/mol. The first-order chi connectivity index (χ1) is 21.6. The van der Waals surface area contributed by atoms with Crippen molar-refractivity contribution in [2.24, 2.45) is 5.73 Å². The summed E-state index contributed by atoms with van der Waals surface area (Å²) >= 11 is 0. The maximum absolute atomic E-state index is 14.9. The normalized spacial score (nSPS) is 15.8. The van der Waals surface area contributed by atoms with E-state index in [-0.39, 0.29) is 27.1 Å². The van der Waals surface area contributed by atoms with E-state index in [4.69, 9.17) is 5.73 Å². The van der Waals surface area contributed by atoms with E-state index in [1.54, 1.807) is 0 Å². The molecule has 0 spiro atoms. The summed E-state index contributed by atoms with van der Waals surface area (Å²) in [7, 11) is 0. The third kappa shape index (κ3) is 6.39. The first-order valence-electron chi connectivity index (χ1n) is 13.4. The number of aromatic nitrogens is 4. The van der Waals surface area contributed by atoms with E-state index in [9.17, 15) is 49.1 Å². The van der Waals surface area contributed by atoms with Gasteiger partial charge in [0.15, 0.2) is 0 Å². The molecule has 2 amide bonds. The van der Waals surface area contributed by atoms with Crippen molar-refractivity contribution in [1.82, 2.24) is 25.1 Å². The molecule has 0 bridgehead atoms. The van der Waals surface area contributed by atoms with Gasteiger partial charge in [0, 0.05) is 30.7 Å². The minimum absolute atomic E-state index is 0.0353. The maximum atomic E-state index is 14.9. The van der Waals surface area contributed by atoms with Crippen LogP contribution in [0.1, 0.15) is 63.9 Å². The number of amides is 2. The third-order valence-corrected chi connectivity index (χ3v) is 7.26. The summed E-state index contributed by atoms with van der Waals surface area (Å²) in [6.07, 6.45) is -4.68. The Morgan fingerprint density at radius 2 is 1.63 bits per heavy atom. The molecule has 46 heavy (non-hydrogen) atoms. The SMILES string of the molecule is NC(=O)c1cc(-c2cncnc2[C@H](Cc2cc(F)cc(F)c2)NC(=O)Cn2nc(C(F)F)c3c2C(F)(F)CCC3(F)F)ccc1F. The molecule has 0 saturated carbocycles. The summed E-state index contributed by atoms with van der Waals surface area (Å²) in [6.45, 7) is -1.24. The summed E-state index contributed by atoms with van der Waals surface area (Å²) in [4.78, 5) is 33.1. The number of nitrogens with zero attached hydrogens (tertiary/aromatic N) is 4. The molecule has 242 valence electrons. The van der Waals surface area contributed by atoms with Crippen LogP contribution in [-0.4, -0.2) is 31.6 Å². The summed E-state index contributed by atoms with van der Waals surface area (Å²) in [6, 6.07) is 4.24. The number of fused-ring (bicyclic) bond motifs is 1. The van der Waals surface area contributed by atoms with E-state index >= 15 is 0 Å². The number of primary amides is 1. The van der Waals surface area contributed by atoms with Gasteiger partial charge in [-0.3, -0.25) is 14.3 Å². The molecule has 3 N–H and O–H groups in total. The van der Waals surface area contributed by atoms with E-state index in [0.717, 1.165) is 30.6 Å². The highest BCUT2D eigenvalue weighted by Crippen LogP contribution is 2.52. The van der Waals surface area contributed by atoms with Crippen molar-refractivity contribution >= 4 is 11.8 Å². The van der Waals surface area contributed by atoms with E-state index in [1.165, 1.54) is 12.3 Å². The average molecular weight is 657 g/mol. The summed E-state index contributed by atoms with van der Waals surface area (Å²) < 4.78 is 129. The molecule has 1 atom stereocenters. The molecule has 2 aromatic heterocycles. The lowest BCUT2D eigenvalue weighted by Gasteiger charge is -2.29. The van der Waals surface area contributed by atoms with Crippen LogP contribution < -0.4 is 11.1 Å². The topological polar surface area (TPSA) is 116 Å². The average Bonchev–Trinajstić information content (AvgIpc) is 3.37. The minimum atomic E-state index is -4.07. The van der Waals surface area contributed by atoms with Crippen molar-refractivity contribution in [2.75, 3.05) is 0 Å². The Hall–Kier alpha value is -4.96. The van der Waals surface area contributed by atoms with Gasteiger partial charge in [-0.25, -0.2) is 40.7 Å². The molecule has 0 fully saturated rings. The largest absolute Gasteiger partial charge is 0.366 e. The second kappa shape index (κ2) is 12.1. The second-order valence-electron chi connectivity index (χ2n) is 10.5. The number of benzene rings is 2. The Morgan fingerprint density at radius 3 is 2.28 bits per heavy atom. The number of nitrogens with two attached hydrogens (primary N) is 1. The standard InChI is InChI=1S/C29H21F9N6O2/c30-15-5-13(6-16(31)9-15)7-20(23-18(10-40-12-41-23)14-1-2-19(32)17(8-14)27(39)46)42-21(45)11-44-25-22(24(43-44)26(33)34)28(35,36)3-4-29(25,37)38/h1-2,5-6,8-10,12,20,26H,3-4,7,11H2,(H2,39,46)(H,42,45)/t20-/m0/s1. The Labute approximate surface area is 253 Å². The van der Waals surface area contributed by atoms with Gasteiger partial charge in [0.2, 0.25) is 5.91 Å². The third-order valence-electron chi connectivity index (χ3n) is 7.26. The molecule has 0 saturated heterocycles. The molecule has 2 aromatic carbocycles. The maximum Gasteiger partial charge on any atom is 0.290 e. The lowest BCUT2D eigenvalue weighted by Crippen LogP contribution is -2.37. The second-order valence-corrected chi connectivity index (χ2v) is 10.5. The molecule has 8 nitrogen and oxygen atoms in total. The van der Waals surface area contributed by atoms with Crippen LogP contribution in [0, 0.1) is 17.5 Å². The van der Waals surface area contributed by atoms with Crippen LogP contribution in [0.25, 0.3) is 11.1 Å². The highest BCUT2D eigenvalue weighted by atomic mass is 19.3. The molecule has 5 rings (SSSR count). The van der Waals surface area contributed by atoms with Gasteiger partial charge in [0.05, 0.1) is 22.9 Å². The molecular weight excluding hydrogens is 635 g/mol. The number of halogens is 9. The molecule has 0 aliphatic heterocycles. The Bertz CT molecular complexity index is 1810. The van der Waals surface area contributed by atoms with Gasteiger partial charge >= 0.3 is 0 Å². The van der Waals surface area contributed by atoms with E-state index in [1.807, 2.05) is 0 Å². The fourth-order valence-corrected chi connectivity index (χ4v) is 5.31. The molecular formula is C29H21F9N6O2. The van der Waals surface area contributed by atoms with Gasteiger partial charge in [-0.15, -0.1) is 0 Å². The summed E-state index contributed by atoms with van der Waals surface area (Å²) in [5, 5.41) is 5.65. The van der Waals surface area contributed by atoms with Crippen molar-refractivity contribution in [3.8, 4) is 11.1 Å². The number of hydrogen-bond donors (Lipinski definition) is 2. The Kier molecular flexibility index (Phi) is 8.53. The van der Waals surface area contributed by atoms with Gasteiger partial charge in [0.25, 0.3) is 24.2 Å². The van der Waals surface area contributed by atoms with E-state index in [0.29, 0.717) is 6.07 Å². The smallest absolute Gasteiger partial charge is 0.290 e. The number of carbonyl (C=O) groups is 2. The van der Waals surface area contributed by atoms with Crippen LogP contribution in [0.5, 0.6) is 0 Å². The van der Waals surface area contributed by atoms with Crippen LogP contribution in [0.15, 0.2) is 48.9 Å². The lowest BCUT2D eigenvalue weighted by atomic mass is 9.89. The number of alkyl halides is 6. The molecule has 4 aromatic rings. The zero-order valence-corrected chi connectivity index (χ0v) is 23.2. The van der Waals surface area contributed by atoms with Crippen molar-refractivity contribution in [3.63, 3.8) is 0 Å². The number of hydrogen-bond acceptors (Lipinski definition) is 5. The lowest BCUT2D eigenvalue weighted by molar-refractivity contribution is -0.123. The van der Waals surface area contributed by atoms with Crippen LogP contribution in [0.4, 0.5) is 39.5 Å². The molecule has 0 unspecified atom stereocenters. The summed E-state index contributed by atoms with van der Waals surface area (Å²) in [5.41, 5.74) is -0.00702. The first-order valence-corrected chi connectivity index (χ1v) is 13.4. The number of rotatable bonds is 9. The van der Waals surface area contributed by atoms with Crippen molar-refractivity contribution in [3.05, 3.63) is 100 Å². The number of carbonyl (C=O) groups excluding carboxylic acids is 2. The summed E-state index contributed by atoms with van der Waals surface area (Å²) in [5.74, 6) is -13.4. The highest BCUT2D eigenvalue weighted by molar-refractivity contribution is 5.94. The molecule has 1 aliphatic carbocycles. The van der Waals surface area contributed by atoms with Crippen LogP contribution in [0.3, 0.4) is 0 Å². The predicted octanol–water partition coefficient (Wildman–Crippen LogP) is 5.87. The molecule has 17 heteroatoms. The Morgan fingerprint density at radius 1 is 0.957 bits per heavy atom. The van der Waals surface area contributed by atoms with Crippen LogP contribution >= 0.6 is 0 Å². The van der Waals surface area contributed by atoms with Gasteiger partial charge in [0.1, 0.15) is 41.7 Å². The Balaban J connectivity index is 1.57. The van der Waals surface area contributed by atoms with Gasteiger partial charge in [-0.1, -0.05) is 6.07 Å². The molecule has 2 heterocycles. The quantitative estimate of drug-likeness (QED) is 0.219. The van der Waals surface area contributed by atoms with E-state index in [2.05, 4.69) is 20.4 Å². The van der Waals surface area contributed by atoms with Gasteiger partial charge in [-0.05, 0) is 41.8 Å². The van der Waals surface area contributed by atoms with E-state index < -0.39 is 102 Å². The molecule has 1 aliphatic rings. The van der Waals surface area contributed by atoms with Crippen molar-refractivity contribution in [1.29, 1.82) is 0 Å². The fraction of sp³-hybridized carbons (Fsp3) is 0.276. The zero-order chi connectivity index (χ0) is 33.6. The highest BCUT2D eigenvalue weighted by Gasteiger charge is 2.55. The monoisotopic (exact) mass is 656 g/mol. The van der Waals surface area contributed by atoms with Crippen molar-refractivity contribution < 1.29 is 49.1 Å². The number of nitrogens with one attached hydrogen (secondary N) is 1. The van der Waals surface area contributed by atoms with Crippen molar-refractivity contribution in [2.45, 2.75) is 50.1 Å². The van der Waals surface area contributed by atoms with Crippen LogP contribution in [0.2, 0.25) is 0 Å². The fourth-order valence-electron chi connectivity index (χ4n) is 5.31. The van der Waals surface area contributed by atoms with Gasteiger partial charge in [-0.2, -0.15) is 13.9 Å². The molecule has 0 radical (unpaired) electrons. The first kappa shape index (κ1) is 32.4.